The predicted molar refractivity (Wildman–Crippen MR) is 157 cm³/mol. The molecule has 2 atom stereocenters. The van der Waals surface area contributed by atoms with E-state index in [1.54, 1.807) is 11.3 Å². The predicted octanol–water partition coefficient (Wildman–Crippen LogP) is 6.46. The number of aryl methyl sites for hydroxylation is 2. The van der Waals surface area contributed by atoms with Crippen molar-refractivity contribution in [3.63, 3.8) is 0 Å². The molecule has 210 valence electrons. The van der Waals surface area contributed by atoms with E-state index < -0.39 is 5.97 Å². The van der Waals surface area contributed by atoms with E-state index in [4.69, 9.17) is 9.72 Å². The molecule has 1 aromatic heterocycles. The first-order valence-electron chi connectivity index (χ1n) is 14.5. The van der Waals surface area contributed by atoms with Gasteiger partial charge in [0.2, 0.25) is 0 Å². The Morgan fingerprint density at radius 3 is 2.48 bits per heavy atom. The molecule has 0 spiro atoms. The number of ether oxygens (including phenoxy) is 1. The fourth-order valence-electron chi connectivity index (χ4n) is 6.66. The third-order valence-corrected chi connectivity index (χ3v) is 9.74. The number of piperidine rings is 2. The van der Waals surface area contributed by atoms with Gasteiger partial charge < -0.3 is 19.6 Å². The summed E-state index contributed by atoms with van der Waals surface area (Å²) in [5.74, 6) is 0.0259. The number of carbonyl (C=O) groups excluding carboxylic acids is 1. The lowest BCUT2D eigenvalue weighted by Crippen LogP contribution is -2.44. The first-order valence-corrected chi connectivity index (χ1v) is 15.3. The van der Waals surface area contributed by atoms with Crippen LogP contribution in [-0.4, -0.2) is 52.0 Å². The van der Waals surface area contributed by atoms with Crippen LogP contribution in [0.3, 0.4) is 0 Å². The van der Waals surface area contributed by atoms with Crippen LogP contribution in [0, 0.1) is 19.8 Å². The van der Waals surface area contributed by atoms with Crippen molar-refractivity contribution in [3.8, 4) is 17.0 Å². The van der Waals surface area contributed by atoms with Crippen molar-refractivity contribution in [1.29, 1.82) is 0 Å². The van der Waals surface area contributed by atoms with Gasteiger partial charge in [0.05, 0.1) is 11.6 Å². The number of rotatable bonds is 7. The Bertz CT molecular complexity index is 1400. The van der Waals surface area contributed by atoms with Crippen LogP contribution in [0.25, 0.3) is 11.3 Å². The number of likely N-dealkylation sites (tertiary alicyclic amines) is 1. The minimum absolute atomic E-state index is 0.122. The van der Waals surface area contributed by atoms with Crippen LogP contribution in [0.2, 0.25) is 0 Å². The zero-order valence-electron chi connectivity index (χ0n) is 23.3. The second-order valence-electron chi connectivity index (χ2n) is 11.5. The van der Waals surface area contributed by atoms with Gasteiger partial charge in [0.25, 0.3) is 5.91 Å². The number of fused-ring (bicyclic) bond motifs is 2. The van der Waals surface area contributed by atoms with Gasteiger partial charge in [-0.25, -0.2) is 4.98 Å². The molecule has 1 N–H and O–H groups in total. The monoisotopic (exact) mass is 559 g/mol. The third kappa shape index (κ3) is 5.21. The number of thiazole rings is 1. The molecule has 6 rings (SSSR count). The summed E-state index contributed by atoms with van der Waals surface area (Å²) in [6.07, 6.45) is 6.83. The van der Waals surface area contributed by atoms with E-state index >= 15 is 0 Å². The molecular weight excluding hydrogens is 522 g/mol. The molecular formula is C32H37N3O4S. The minimum Gasteiger partial charge on any atom is -0.488 e. The quantitative estimate of drug-likeness (QED) is 0.358. The fraction of sp³-hybridized carbons (Fsp3) is 0.469. The number of para-hydroxylation sites is 1. The SMILES string of the molecule is Cc1cc(C(=O)N2CCCCC2)ccc1COc1c(C)cccc1-c1csc(N2C3CCC2CC(C(=O)O)C3)n1. The van der Waals surface area contributed by atoms with Gasteiger partial charge in [0, 0.05) is 41.7 Å². The van der Waals surface area contributed by atoms with Crippen molar-refractivity contribution >= 4 is 28.3 Å². The Kier molecular flexibility index (Phi) is 7.53. The normalized spacial score (nSPS) is 22.4. The van der Waals surface area contributed by atoms with Crippen LogP contribution in [0.15, 0.2) is 41.8 Å². The lowest BCUT2D eigenvalue weighted by molar-refractivity contribution is -0.142. The van der Waals surface area contributed by atoms with E-state index in [-0.39, 0.29) is 23.9 Å². The van der Waals surface area contributed by atoms with Crippen molar-refractivity contribution in [2.75, 3.05) is 18.0 Å². The van der Waals surface area contributed by atoms with Gasteiger partial charge in [0.15, 0.2) is 5.13 Å². The second-order valence-corrected chi connectivity index (χ2v) is 12.4. The summed E-state index contributed by atoms with van der Waals surface area (Å²) in [5, 5.41) is 12.6. The average Bonchev–Trinajstić information content (AvgIpc) is 3.54. The molecule has 3 aromatic rings. The number of carboxylic acid groups (broad SMARTS) is 1. The van der Waals surface area contributed by atoms with Gasteiger partial charge in [-0.05, 0) is 93.7 Å². The Labute approximate surface area is 239 Å². The highest BCUT2D eigenvalue weighted by Gasteiger charge is 2.44. The van der Waals surface area contributed by atoms with Crippen molar-refractivity contribution in [2.24, 2.45) is 5.92 Å². The van der Waals surface area contributed by atoms with E-state index in [1.807, 2.05) is 36.1 Å². The first-order chi connectivity index (χ1) is 19.4. The Hall–Kier alpha value is -3.39. The molecule has 7 nitrogen and oxygen atoms in total. The molecule has 1 amide bonds. The number of carbonyl (C=O) groups is 2. The standard InChI is InChI=1S/C32H37N3O4S/c1-20-7-6-8-27(28-19-40-32(33-28)35-25-11-12-26(35)17-24(16-25)31(37)38)29(20)39-18-23-10-9-22(15-21(23)2)30(36)34-13-4-3-5-14-34/h6-10,15,19,24-26H,3-5,11-14,16-18H2,1-2H3,(H,37,38). The molecule has 0 saturated carbocycles. The highest BCUT2D eigenvalue weighted by molar-refractivity contribution is 7.14. The van der Waals surface area contributed by atoms with E-state index in [9.17, 15) is 14.7 Å². The molecule has 2 bridgehead atoms. The number of aromatic nitrogens is 1. The van der Waals surface area contributed by atoms with E-state index in [2.05, 4.69) is 29.3 Å². The number of benzene rings is 2. The zero-order chi connectivity index (χ0) is 27.8. The third-order valence-electron chi connectivity index (χ3n) is 8.89. The highest BCUT2D eigenvalue weighted by atomic mass is 32.1. The fourth-order valence-corrected chi connectivity index (χ4v) is 7.63. The highest BCUT2D eigenvalue weighted by Crippen LogP contribution is 2.44. The van der Waals surface area contributed by atoms with Gasteiger partial charge in [-0.1, -0.05) is 18.2 Å². The molecule has 3 saturated heterocycles. The summed E-state index contributed by atoms with van der Waals surface area (Å²) in [4.78, 5) is 33.9. The van der Waals surface area contributed by atoms with Gasteiger partial charge in [-0.2, -0.15) is 0 Å². The lowest BCUT2D eigenvalue weighted by atomic mass is 9.91. The molecule has 3 aliphatic rings. The minimum atomic E-state index is -0.670. The second kappa shape index (κ2) is 11.2. The largest absolute Gasteiger partial charge is 0.488 e. The first kappa shape index (κ1) is 26.8. The van der Waals surface area contributed by atoms with Gasteiger partial charge in [0.1, 0.15) is 12.4 Å². The van der Waals surface area contributed by atoms with Crippen LogP contribution in [0.4, 0.5) is 5.13 Å². The van der Waals surface area contributed by atoms with Crippen LogP contribution in [-0.2, 0) is 11.4 Å². The van der Waals surface area contributed by atoms with Crippen LogP contribution < -0.4 is 9.64 Å². The average molecular weight is 560 g/mol. The number of carboxylic acids is 1. The number of hydrogen-bond donors (Lipinski definition) is 1. The maximum absolute atomic E-state index is 13.0. The zero-order valence-corrected chi connectivity index (χ0v) is 24.1. The summed E-state index contributed by atoms with van der Waals surface area (Å²) in [6.45, 7) is 6.19. The van der Waals surface area contributed by atoms with Crippen molar-refractivity contribution in [1.82, 2.24) is 9.88 Å². The Morgan fingerprint density at radius 2 is 1.77 bits per heavy atom. The Balaban J connectivity index is 1.18. The maximum Gasteiger partial charge on any atom is 0.306 e. The van der Waals surface area contributed by atoms with Crippen molar-refractivity contribution in [2.45, 2.75) is 77.5 Å². The molecule has 0 aliphatic carbocycles. The summed E-state index contributed by atoms with van der Waals surface area (Å²) in [6, 6.07) is 12.6. The van der Waals surface area contributed by atoms with Crippen molar-refractivity contribution < 1.29 is 19.4 Å². The number of hydrogen-bond acceptors (Lipinski definition) is 6. The molecule has 4 heterocycles. The van der Waals surface area contributed by atoms with Gasteiger partial charge >= 0.3 is 5.97 Å². The summed E-state index contributed by atoms with van der Waals surface area (Å²) in [7, 11) is 0. The maximum atomic E-state index is 13.0. The smallest absolute Gasteiger partial charge is 0.306 e. The number of anilines is 1. The summed E-state index contributed by atoms with van der Waals surface area (Å²) in [5.41, 5.74) is 5.75. The molecule has 0 radical (unpaired) electrons. The summed E-state index contributed by atoms with van der Waals surface area (Å²) < 4.78 is 6.45. The van der Waals surface area contributed by atoms with E-state index in [0.29, 0.717) is 19.4 Å². The Morgan fingerprint density at radius 1 is 1.02 bits per heavy atom. The van der Waals surface area contributed by atoms with Crippen LogP contribution >= 0.6 is 11.3 Å². The van der Waals surface area contributed by atoms with Crippen molar-refractivity contribution in [3.05, 3.63) is 64.0 Å². The molecule has 2 aromatic carbocycles. The topological polar surface area (TPSA) is 83.0 Å². The van der Waals surface area contributed by atoms with E-state index in [0.717, 1.165) is 83.2 Å². The molecule has 3 aliphatic heterocycles. The van der Waals surface area contributed by atoms with Crippen LogP contribution in [0.1, 0.15) is 72.0 Å². The number of nitrogens with zero attached hydrogens (tertiary/aromatic N) is 3. The van der Waals surface area contributed by atoms with Gasteiger partial charge in [-0.3, -0.25) is 9.59 Å². The lowest BCUT2D eigenvalue weighted by Gasteiger charge is -2.37. The molecule has 40 heavy (non-hydrogen) atoms. The molecule has 2 unspecified atom stereocenters. The summed E-state index contributed by atoms with van der Waals surface area (Å²) >= 11 is 1.63. The van der Waals surface area contributed by atoms with Gasteiger partial charge in [-0.15, -0.1) is 11.3 Å². The van der Waals surface area contributed by atoms with E-state index in [1.165, 1.54) is 6.42 Å². The molecule has 3 fully saturated rings. The molecule has 8 heteroatoms. The number of aliphatic carboxylic acids is 1. The number of amides is 1. The van der Waals surface area contributed by atoms with Crippen LogP contribution in [0.5, 0.6) is 5.75 Å².